The zero-order chi connectivity index (χ0) is 15.4. The zero-order valence-electron chi connectivity index (χ0n) is 12.0. The lowest BCUT2D eigenvalue weighted by atomic mass is 10.2. The summed E-state index contributed by atoms with van der Waals surface area (Å²) < 4.78 is 5.84. The van der Waals surface area contributed by atoms with Gasteiger partial charge in [-0.3, -0.25) is 4.79 Å². The van der Waals surface area contributed by atoms with E-state index >= 15 is 0 Å². The first-order valence-corrected chi connectivity index (χ1v) is 7.26. The highest BCUT2D eigenvalue weighted by Crippen LogP contribution is 2.23. The van der Waals surface area contributed by atoms with Crippen molar-refractivity contribution < 1.29 is 14.6 Å². The minimum Gasteiger partial charge on any atom is -0.506 e. The third kappa shape index (κ3) is 3.38. The Kier molecular flexibility index (Phi) is 4.25. The fourth-order valence-corrected chi connectivity index (χ4v) is 2.48. The molecule has 2 aromatic rings. The first-order chi connectivity index (χ1) is 10.7. The third-order valence-corrected chi connectivity index (χ3v) is 3.61. The monoisotopic (exact) mass is 298 g/mol. The van der Waals surface area contributed by atoms with Gasteiger partial charge in [-0.1, -0.05) is 30.3 Å². The van der Waals surface area contributed by atoms with Crippen LogP contribution in [0.5, 0.6) is 11.5 Å². The summed E-state index contributed by atoms with van der Waals surface area (Å²) in [6, 6.07) is 15.9. The number of carbonyl (C=O) groups is 1. The predicted octanol–water partition coefficient (Wildman–Crippen LogP) is 2.14. The van der Waals surface area contributed by atoms with Crippen molar-refractivity contribution in [3.05, 3.63) is 54.6 Å². The van der Waals surface area contributed by atoms with E-state index in [1.807, 2.05) is 30.3 Å². The van der Waals surface area contributed by atoms with Gasteiger partial charge in [-0.25, -0.2) is 0 Å². The molecule has 5 nitrogen and oxygen atoms in total. The summed E-state index contributed by atoms with van der Waals surface area (Å²) in [4.78, 5) is 12.2. The van der Waals surface area contributed by atoms with Crippen molar-refractivity contribution in [2.24, 2.45) is 0 Å². The summed E-state index contributed by atoms with van der Waals surface area (Å²) in [6.45, 7) is 0.619. The molecule has 0 aliphatic carbocycles. The number of ether oxygens (including phenoxy) is 1. The Labute approximate surface area is 128 Å². The van der Waals surface area contributed by atoms with Gasteiger partial charge in [0.15, 0.2) is 0 Å². The van der Waals surface area contributed by atoms with Crippen molar-refractivity contribution in [3.8, 4) is 11.5 Å². The number of anilines is 1. The Hall–Kier alpha value is -2.53. The van der Waals surface area contributed by atoms with Crippen molar-refractivity contribution >= 4 is 11.6 Å². The second-order valence-corrected chi connectivity index (χ2v) is 5.26. The lowest BCUT2D eigenvalue weighted by Gasteiger charge is -2.13. The molecular weight excluding hydrogens is 280 g/mol. The van der Waals surface area contributed by atoms with Gasteiger partial charge >= 0.3 is 0 Å². The highest BCUT2D eigenvalue weighted by Gasteiger charge is 2.31. The maximum atomic E-state index is 12.2. The van der Waals surface area contributed by atoms with E-state index in [1.165, 1.54) is 0 Å². The van der Waals surface area contributed by atoms with Gasteiger partial charge in [0.1, 0.15) is 17.6 Å². The lowest BCUT2D eigenvalue weighted by Crippen LogP contribution is -2.35. The van der Waals surface area contributed by atoms with E-state index in [9.17, 15) is 9.90 Å². The molecule has 1 amide bonds. The van der Waals surface area contributed by atoms with Crippen LogP contribution in [0.1, 0.15) is 6.42 Å². The quantitative estimate of drug-likeness (QED) is 0.756. The van der Waals surface area contributed by atoms with Gasteiger partial charge < -0.3 is 20.5 Å². The average molecular weight is 298 g/mol. The smallest absolute Gasteiger partial charge is 0.241 e. The largest absolute Gasteiger partial charge is 0.506 e. The van der Waals surface area contributed by atoms with Gasteiger partial charge in [0, 0.05) is 13.0 Å². The maximum Gasteiger partial charge on any atom is 0.241 e. The van der Waals surface area contributed by atoms with Crippen LogP contribution in [-0.4, -0.2) is 29.7 Å². The number of nitrogens with one attached hydrogen (secondary N) is 2. The molecule has 0 radical (unpaired) electrons. The van der Waals surface area contributed by atoms with E-state index in [2.05, 4.69) is 10.6 Å². The molecule has 114 valence electrons. The molecular formula is C17H18N2O3. The Morgan fingerprint density at radius 1 is 1.14 bits per heavy atom. The SMILES string of the molecule is O=C(Nc1ccccc1O)[C@@H]1C[C@H](Oc2ccccc2)CN1. The number of hydrogen-bond donors (Lipinski definition) is 3. The molecule has 0 saturated carbocycles. The fraction of sp³-hybridized carbons (Fsp3) is 0.235. The van der Waals surface area contributed by atoms with Gasteiger partial charge in [0.05, 0.1) is 11.7 Å². The van der Waals surface area contributed by atoms with Crippen LogP contribution >= 0.6 is 0 Å². The minimum atomic E-state index is -0.326. The van der Waals surface area contributed by atoms with Gasteiger partial charge in [0.25, 0.3) is 0 Å². The third-order valence-electron chi connectivity index (χ3n) is 3.61. The predicted molar refractivity (Wildman–Crippen MR) is 84.0 cm³/mol. The van der Waals surface area contributed by atoms with Crippen LogP contribution in [0, 0.1) is 0 Å². The van der Waals surface area contributed by atoms with Crippen LogP contribution in [0.15, 0.2) is 54.6 Å². The van der Waals surface area contributed by atoms with Crippen molar-refractivity contribution in [1.29, 1.82) is 0 Å². The molecule has 3 N–H and O–H groups in total. The molecule has 1 saturated heterocycles. The molecule has 1 aliphatic heterocycles. The number of phenols is 1. The number of hydrogen-bond acceptors (Lipinski definition) is 4. The molecule has 1 aliphatic rings. The normalized spacial score (nSPS) is 20.5. The van der Waals surface area contributed by atoms with E-state index in [1.54, 1.807) is 24.3 Å². The minimum absolute atomic E-state index is 0.0393. The van der Waals surface area contributed by atoms with Crippen LogP contribution in [0.25, 0.3) is 0 Å². The molecule has 0 unspecified atom stereocenters. The second kappa shape index (κ2) is 6.49. The molecule has 0 spiro atoms. The van der Waals surface area contributed by atoms with Crippen molar-refractivity contribution in [2.75, 3.05) is 11.9 Å². The first kappa shape index (κ1) is 14.4. The number of phenolic OH excluding ortho intramolecular Hbond substituents is 1. The van der Waals surface area contributed by atoms with Gasteiger partial charge in [-0.2, -0.15) is 0 Å². The molecule has 0 aromatic heterocycles. The van der Waals surface area contributed by atoms with Crippen LogP contribution in [0.3, 0.4) is 0 Å². The Bertz CT molecular complexity index is 645. The van der Waals surface area contributed by atoms with Gasteiger partial charge in [-0.15, -0.1) is 0 Å². The standard InChI is InChI=1S/C17H18N2O3/c20-16-9-5-4-8-14(16)19-17(21)15-10-13(11-18-15)22-12-6-2-1-3-7-12/h1-9,13,15,18,20H,10-11H2,(H,19,21)/t13-,15-/m0/s1. The Morgan fingerprint density at radius 2 is 1.86 bits per heavy atom. The van der Waals surface area contributed by atoms with Crippen molar-refractivity contribution in [2.45, 2.75) is 18.6 Å². The topological polar surface area (TPSA) is 70.6 Å². The molecule has 2 atom stereocenters. The van der Waals surface area contributed by atoms with Crippen molar-refractivity contribution in [1.82, 2.24) is 5.32 Å². The molecule has 22 heavy (non-hydrogen) atoms. The van der Waals surface area contributed by atoms with Crippen LogP contribution in [-0.2, 0) is 4.79 Å². The number of rotatable bonds is 4. The summed E-state index contributed by atoms with van der Waals surface area (Å²) in [5.41, 5.74) is 0.418. The number of aromatic hydroxyl groups is 1. The first-order valence-electron chi connectivity index (χ1n) is 7.26. The Balaban J connectivity index is 1.56. The van der Waals surface area contributed by atoms with Gasteiger partial charge in [0.2, 0.25) is 5.91 Å². The molecule has 3 rings (SSSR count). The van der Waals surface area contributed by atoms with Crippen LogP contribution in [0.2, 0.25) is 0 Å². The highest BCUT2D eigenvalue weighted by molar-refractivity contribution is 5.96. The fourth-order valence-electron chi connectivity index (χ4n) is 2.48. The van der Waals surface area contributed by atoms with E-state index in [0.717, 1.165) is 5.75 Å². The zero-order valence-corrected chi connectivity index (χ0v) is 12.0. The number of para-hydroxylation sites is 3. The molecule has 1 fully saturated rings. The summed E-state index contributed by atoms with van der Waals surface area (Å²) in [5, 5.41) is 15.6. The molecule has 1 heterocycles. The number of carbonyl (C=O) groups excluding carboxylic acids is 1. The van der Waals surface area contributed by atoms with E-state index in [0.29, 0.717) is 18.7 Å². The lowest BCUT2D eigenvalue weighted by molar-refractivity contribution is -0.117. The second-order valence-electron chi connectivity index (χ2n) is 5.26. The van der Waals surface area contributed by atoms with Crippen molar-refractivity contribution in [3.63, 3.8) is 0 Å². The summed E-state index contributed by atoms with van der Waals surface area (Å²) in [5.74, 6) is 0.697. The van der Waals surface area contributed by atoms with Gasteiger partial charge in [-0.05, 0) is 24.3 Å². The van der Waals surface area contributed by atoms with E-state index in [4.69, 9.17) is 4.74 Å². The summed E-state index contributed by atoms with van der Waals surface area (Å²) in [7, 11) is 0. The summed E-state index contributed by atoms with van der Waals surface area (Å²) in [6.07, 6.45) is 0.552. The summed E-state index contributed by atoms with van der Waals surface area (Å²) >= 11 is 0. The molecule has 2 aromatic carbocycles. The van der Waals surface area contributed by atoms with E-state index in [-0.39, 0.29) is 23.8 Å². The Morgan fingerprint density at radius 3 is 2.64 bits per heavy atom. The molecule has 5 heteroatoms. The molecule has 0 bridgehead atoms. The van der Waals surface area contributed by atoms with Crippen LogP contribution in [0.4, 0.5) is 5.69 Å². The average Bonchev–Trinajstić information content (AvgIpc) is 2.99. The van der Waals surface area contributed by atoms with Crippen LogP contribution < -0.4 is 15.4 Å². The highest BCUT2D eigenvalue weighted by atomic mass is 16.5. The maximum absolute atomic E-state index is 12.2. The number of amides is 1. The van der Waals surface area contributed by atoms with E-state index < -0.39 is 0 Å². The number of benzene rings is 2.